The smallest absolute Gasteiger partial charge is 0.160 e. The number of benzene rings is 3. The molecule has 25 heavy (non-hydrogen) atoms. The summed E-state index contributed by atoms with van der Waals surface area (Å²) in [5.41, 5.74) is 6.86. The van der Waals surface area contributed by atoms with Crippen molar-refractivity contribution in [3.8, 4) is 22.3 Å². The first-order chi connectivity index (χ1) is 11.9. The van der Waals surface area contributed by atoms with Crippen LogP contribution in [0.3, 0.4) is 0 Å². The van der Waals surface area contributed by atoms with Crippen molar-refractivity contribution < 1.29 is 4.55 Å². The summed E-state index contributed by atoms with van der Waals surface area (Å²) < 4.78 is 12.2. The fourth-order valence-corrected chi connectivity index (χ4v) is 4.89. The van der Waals surface area contributed by atoms with Gasteiger partial charge in [0, 0.05) is 21.6 Å². The summed E-state index contributed by atoms with van der Waals surface area (Å²) in [5.74, 6) is 0. The number of hydrogen-bond donors (Lipinski definition) is 0. The molecule has 4 rings (SSSR count). The standard InChI is InChI=1S/C22H19ClOS/c1-22(2)18-10-6-4-8-14(18)16-13-20(23)17(12-19(16)22)15-9-5-7-11-21(15)25(3)24/h4-13H,1-3H3. The fraction of sp³-hybridized carbons (Fsp3) is 0.182. The number of halogens is 1. The highest BCUT2D eigenvalue weighted by molar-refractivity contribution is 7.90. The van der Waals surface area contributed by atoms with Gasteiger partial charge in [-0.05, 0) is 57.7 Å². The second-order valence-corrected chi connectivity index (χ2v) is 8.75. The zero-order valence-corrected chi connectivity index (χ0v) is 16.0. The van der Waals surface area contributed by atoms with E-state index < -0.39 is 11.2 Å². The molecule has 0 aliphatic heterocycles. The van der Waals surface area contributed by atoms with E-state index in [1.807, 2.05) is 24.3 Å². The monoisotopic (exact) mass is 366 g/mol. The molecule has 0 saturated carbocycles. The summed E-state index contributed by atoms with van der Waals surface area (Å²) in [5, 5.41) is 0.698. The zero-order chi connectivity index (χ0) is 17.8. The molecule has 0 amide bonds. The topological polar surface area (TPSA) is 23.1 Å². The second kappa shape index (κ2) is 5.91. The largest absolute Gasteiger partial charge is 0.612 e. The molecule has 0 spiro atoms. The van der Waals surface area contributed by atoms with Crippen LogP contribution in [0, 0.1) is 0 Å². The third kappa shape index (κ3) is 2.52. The SMILES string of the molecule is C[S+]([O-])c1ccccc1-c1cc2c(cc1Cl)-c1ccccc1C2(C)C. The van der Waals surface area contributed by atoms with E-state index in [1.54, 1.807) is 6.26 Å². The first-order valence-electron chi connectivity index (χ1n) is 8.28. The number of rotatable bonds is 2. The highest BCUT2D eigenvalue weighted by atomic mass is 35.5. The van der Waals surface area contributed by atoms with Gasteiger partial charge in [-0.3, -0.25) is 0 Å². The van der Waals surface area contributed by atoms with Crippen molar-refractivity contribution in [2.75, 3.05) is 6.26 Å². The normalized spacial score (nSPS) is 15.6. The average Bonchev–Trinajstić information content (AvgIpc) is 2.82. The summed E-state index contributed by atoms with van der Waals surface area (Å²) >= 11 is 5.61. The molecule has 0 bridgehead atoms. The Hall–Kier alpha value is -1.74. The van der Waals surface area contributed by atoms with Crippen molar-refractivity contribution in [3.63, 3.8) is 0 Å². The van der Waals surface area contributed by atoms with E-state index in [-0.39, 0.29) is 5.41 Å². The Morgan fingerprint density at radius 3 is 2.16 bits per heavy atom. The molecular weight excluding hydrogens is 348 g/mol. The Labute approximate surface area is 156 Å². The molecule has 0 aromatic heterocycles. The van der Waals surface area contributed by atoms with E-state index in [4.69, 9.17) is 11.6 Å². The zero-order valence-electron chi connectivity index (χ0n) is 14.5. The van der Waals surface area contributed by atoms with Gasteiger partial charge in [0.1, 0.15) is 6.26 Å². The van der Waals surface area contributed by atoms with Crippen LogP contribution < -0.4 is 0 Å². The first kappa shape index (κ1) is 16.7. The molecule has 0 N–H and O–H groups in total. The summed E-state index contributed by atoms with van der Waals surface area (Å²) in [7, 11) is 0. The van der Waals surface area contributed by atoms with Gasteiger partial charge in [0.2, 0.25) is 0 Å². The van der Waals surface area contributed by atoms with E-state index in [0.717, 1.165) is 16.0 Å². The molecule has 3 aromatic rings. The molecule has 1 unspecified atom stereocenters. The van der Waals surface area contributed by atoms with Crippen molar-refractivity contribution in [2.45, 2.75) is 24.2 Å². The molecule has 0 radical (unpaired) electrons. The molecule has 0 heterocycles. The van der Waals surface area contributed by atoms with Crippen molar-refractivity contribution in [1.82, 2.24) is 0 Å². The minimum absolute atomic E-state index is 0.0778. The molecule has 0 fully saturated rings. The van der Waals surface area contributed by atoms with Gasteiger partial charge < -0.3 is 4.55 Å². The second-order valence-electron chi connectivity index (χ2n) is 7.00. The molecule has 0 saturated heterocycles. The molecule has 1 aliphatic rings. The molecule has 1 atom stereocenters. The van der Waals surface area contributed by atoms with Crippen LogP contribution in [-0.2, 0) is 16.6 Å². The van der Waals surface area contributed by atoms with E-state index in [1.165, 1.54) is 22.3 Å². The lowest BCUT2D eigenvalue weighted by molar-refractivity contribution is 0.601. The molecular formula is C22H19ClOS. The Balaban J connectivity index is 1.98. The maximum atomic E-state index is 12.2. The van der Waals surface area contributed by atoms with Crippen LogP contribution in [0.4, 0.5) is 0 Å². The highest BCUT2D eigenvalue weighted by Gasteiger charge is 2.36. The van der Waals surface area contributed by atoms with Gasteiger partial charge in [0.15, 0.2) is 4.90 Å². The van der Waals surface area contributed by atoms with E-state index >= 15 is 0 Å². The van der Waals surface area contributed by atoms with Gasteiger partial charge in [-0.1, -0.05) is 61.8 Å². The quantitative estimate of drug-likeness (QED) is 0.506. The number of fused-ring (bicyclic) bond motifs is 3. The molecule has 3 aromatic carbocycles. The third-order valence-corrected chi connectivity index (χ3v) is 6.45. The van der Waals surface area contributed by atoms with Gasteiger partial charge >= 0.3 is 0 Å². The lowest BCUT2D eigenvalue weighted by atomic mass is 9.81. The van der Waals surface area contributed by atoms with Gasteiger partial charge in [-0.15, -0.1) is 0 Å². The van der Waals surface area contributed by atoms with Gasteiger partial charge in [0.05, 0.1) is 0 Å². The minimum atomic E-state index is -1.07. The predicted molar refractivity (Wildman–Crippen MR) is 107 cm³/mol. The van der Waals surface area contributed by atoms with Crippen LogP contribution in [0.5, 0.6) is 0 Å². The van der Waals surface area contributed by atoms with Crippen molar-refractivity contribution >= 4 is 22.8 Å². The Morgan fingerprint density at radius 1 is 0.800 bits per heavy atom. The fourth-order valence-electron chi connectivity index (χ4n) is 3.87. The Kier molecular flexibility index (Phi) is 3.95. The van der Waals surface area contributed by atoms with Crippen molar-refractivity contribution in [1.29, 1.82) is 0 Å². The first-order valence-corrected chi connectivity index (χ1v) is 10.2. The van der Waals surface area contributed by atoms with Crippen molar-refractivity contribution in [3.05, 3.63) is 76.8 Å². The van der Waals surface area contributed by atoms with Gasteiger partial charge in [-0.25, -0.2) is 0 Å². The maximum Gasteiger partial charge on any atom is 0.160 e. The summed E-state index contributed by atoms with van der Waals surface area (Å²) in [4.78, 5) is 0.817. The van der Waals surface area contributed by atoms with Crippen LogP contribution in [0.15, 0.2) is 65.6 Å². The molecule has 1 nitrogen and oxygen atoms in total. The van der Waals surface area contributed by atoms with Crippen LogP contribution >= 0.6 is 11.6 Å². The summed E-state index contributed by atoms with van der Waals surface area (Å²) in [6.07, 6.45) is 1.71. The van der Waals surface area contributed by atoms with Gasteiger partial charge in [-0.2, -0.15) is 0 Å². The molecule has 3 heteroatoms. The lowest BCUT2D eigenvalue weighted by Gasteiger charge is -2.22. The predicted octanol–water partition coefficient (Wildman–Crippen LogP) is 6.05. The van der Waals surface area contributed by atoms with E-state index in [9.17, 15) is 4.55 Å². The van der Waals surface area contributed by atoms with Crippen LogP contribution in [-0.4, -0.2) is 10.8 Å². The van der Waals surface area contributed by atoms with Crippen LogP contribution in [0.25, 0.3) is 22.3 Å². The Bertz CT molecular complexity index is 976. The van der Waals surface area contributed by atoms with Crippen LogP contribution in [0.1, 0.15) is 25.0 Å². The average molecular weight is 367 g/mol. The summed E-state index contributed by atoms with van der Waals surface area (Å²) in [6.45, 7) is 4.50. The minimum Gasteiger partial charge on any atom is -0.612 e. The highest BCUT2D eigenvalue weighted by Crippen LogP contribution is 2.51. The lowest BCUT2D eigenvalue weighted by Crippen LogP contribution is -2.15. The third-order valence-electron chi connectivity index (χ3n) is 5.16. The van der Waals surface area contributed by atoms with E-state index in [0.29, 0.717) is 5.02 Å². The van der Waals surface area contributed by atoms with Crippen LogP contribution in [0.2, 0.25) is 5.02 Å². The maximum absolute atomic E-state index is 12.2. The Morgan fingerprint density at radius 2 is 1.44 bits per heavy atom. The van der Waals surface area contributed by atoms with E-state index in [2.05, 4.69) is 50.2 Å². The number of hydrogen-bond acceptors (Lipinski definition) is 1. The molecule has 1 aliphatic carbocycles. The van der Waals surface area contributed by atoms with Crippen molar-refractivity contribution in [2.24, 2.45) is 0 Å². The summed E-state index contributed by atoms with van der Waals surface area (Å²) in [6, 6.07) is 20.6. The molecule has 126 valence electrons. The van der Waals surface area contributed by atoms with Gasteiger partial charge in [0.25, 0.3) is 0 Å².